The topological polar surface area (TPSA) is 87.7 Å². The molecule has 1 aromatic carbocycles. The Hall–Kier alpha value is -2.57. The lowest BCUT2D eigenvalue weighted by atomic mass is 9.96. The fraction of sp³-hybridized carbons (Fsp3) is 0.735. The molecule has 41 heavy (non-hydrogen) atoms. The number of carbonyl (C=O) groups is 3. The minimum atomic E-state index is -0.806. The molecule has 0 aliphatic heterocycles. The van der Waals surface area contributed by atoms with E-state index in [1.165, 1.54) is 12.8 Å². The van der Waals surface area contributed by atoms with Crippen LogP contribution in [0.25, 0.3) is 0 Å². The number of amides is 3. The molecule has 0 heterocycles. The third kappa shape index (κ3) is 13.8. The Morgan fingerprint density at radius 3 is 2.07 bits per heavy atom. The third-order valence-electron chi connectivity index (χ3n) is 7.25. The molecule has 7 heteroatoms. The van der Waals surface area contributed by atoms with E-state index in [1.807, 2.05) is 52.8 Å². The Balaban J connectivity index is 3.52. The maximum absolute atomic E-state index is 14.4. The average molecular weight is 574 g/mol. The van der Waals surface area contributed by atoms with Gasteiger partial charge in [-0.1, -0.05) is 84.4 Å². The first kappa shape index (κ1) is 36.5. The summed E-state index contributed by atoms with van der Waals surface area (Å²) in [6.07, 6.45) is 8.01. The second-order valence-corrected chi connectivity index (χ2v) is 13.1. The van der Waals surface area contributed by atoms with Crippen LogP contribution in [0, 0.1) is 19.8 Å². The molecule has 1 aromatic rings. The van der Waals surface area contributed by atoms with Gasteiger partial charge in [-0.3, -0.25) is 9.59 Å². The molecule has 3 atom stereocenters. The number of benzene rings is 1. The van der Waals surface area contributed by atoms with Gasteiger partial charge in [-0.25, -0.2) is 4.79 Å². The summed E-state index contributed by atoms with van der Waals surface area (Å²) >= 11 is 0. The fourth-order valence-electron chi connectivity index (χ4n) is 5.01. The Labute approximate surface area is 250 Å². The summed E-state index contributed by atoms with van der Waals surface area (Å²) in [5, 5.41) is 6.02. The molecule has 0 aliphatic rings. The van der Waals surface area contributed by atoms with Gasteiger partial charge in [-0.05, 0) is 83.4 Å². The van der Waals surface area contributed by atoms with E-state index in [9.17, 15) is 14.4 Å². The van der Waals surface area contributed by atoms with Crippen LogP contribution in [0.5, 0.6) is 0 Å². The number of rotatable bonds is 17. The number of hydrogen-bond acceptors (Lipinski definition) is 4. The highest BCUT2D eigenvalue weighted by Gasteiger charge is 2.36. The summed E-state index contributed by atoms with van der Waals surface area (Å²) < 4.78 is 5.52. The standard InChI is InChI=1S/C34H59N3O4/c1-11-13-14-15-16-17-21-37(32(39)29(22-24(3)4)36-33(40)41-34(8,9)10)30(31(38)35-27(7)18-12-2)28-20-19-25(5)26(6)23-28/h19-20,23-24,27,29-30H,11-18,21-22H2,1-10H3,(H,35,38)(H,36,40). The highest BCUT2D eigenvalue weighted by molar-refractivity contribution is 5.92. The predicted molar refractivity (Wildman–Crippen MR) is 169 cm³/mol. The second kappa shape index (κ2) is 18.1. The first-order valence-corrected chi connectivity index (χ1v) is 15.9. The van der Waals surface area contributed by atoms with Gasteiger partial charge in [0.05, 0.1) is 0 Å². The monoisotopic (exact) mass is 573 g/mol. The summed E-state index contributed by atoms with van der Waals surface area (Å²) in [6.45, 7) is 20.2. The van der Waals surface area contributed by atoms with E-state index in [0.717, 1.165) is 55.2 Å². The molecule has 3 unspecified atom stereocenters. The number of unbranched alkanes of at least 4 members (excludes halogenated alkanes) is 5. The molecule has 7 nitrogen and oxygen atoms in total. The number of nitrogens with zero attached hydrogens (tertiary/aromatic N) is 1. The van der Waals surface area contributed by atoms with Crippen molar-refractivity contribution in [2.45, 2.75) is 151 Å². The van der Waals surface area contributed by atoms with Crippen molar-refractivity contribution < 1.29 is 19.1 Å². The molecule has 0 fully saturated rings. The Morgan fingerprint density at radius 2 is 1.51 bits per heavy atom. The van der Waals surface area contributed by atoms with E-state index in [-0.39, 0.29) is 23.8 Å². The zero-order chi connectivity index (χ0) is 31.2. The number of ether oxygens (including phenoxy) is 1. The van der Waals surface area contributed by atoms with Crippen molar-refractivity contribution in [3.63, 3.8) is 0 Å². The predicted octanol–water partition coefficient (Wildman–Crippen LogP) is 7.78. The van der Waals surface area contributed by atoms with Gasteiger partial charge < -0.3 is 20.3 Å². The fourth-order valence-corrected chi connectivity index (χ4v) is 5.01. The quantitative estimate of drug-likeness (QED) is 0.186. The van der Waals surface area contributed by atoms with Crippen molar-refractivity contribution in [3.8, 4) is 0 Å². The first-order chi connectivity index (χ1) is 19.2. The van der Waals surface area contributed by atoms with Gasteiger partial charge in [0, 0.05) is 12.6 Å². The van der Waals surface area contributed by atoms with E-state index < -0.39 is 23.8 Å². The summed E-state index contributed by atoms with van der Waals surface area (Å²) in [5.41, 5.74) is 2.30. The van der Waals surface area contributed by atoms with Gasteiger partial charge in [-0.2, -0.15) is 0 Å². The van der Waals surface area contributed by atoms with E-state index >= 15 is 0 Å². The average Bonchev–Trinajstić information content (AvgIpc) is 2.85. The van der Waals surface area contributed by atoms with Crippen LogP contribution >= 0.6 is 0 Å². The van der Waals surface area contributed by atoms with Crippen molar-refractivity contribution in [2.75, 3.05) is 6.54 Å². The van der Waals surface area contributed by atoms with Gasteiger partial charge in [0.15, 0.2) is 0 Å². The van der Waals surface area contributed by atoms with Gasteiger partial charge in [-0.15, -0.1) is 0 Å². The maximum Gasteiger partial charge on any atom is 0.408 e. The van der Waals surface area contributed by atoms with Crippen LogP contribution in [0.3, 0.4) is 0 Å². The molecule has 0 aliphatic carbocycles. The Bertz CT molecular complexity index is 954. The number of nitrogens with one attached hydrogen (secondary N) is 2. The second-order valence-electron chi connectivity index (χ2n) is 13.1. The van der Waals surface area contributed by atoms with Crippen molar-refractivity contribution in [3.05, 3.63) is 34.9 Å². The molecule has 234 valence electrons. The third-order valence-corrected chi connectivity index (χ3v) is 7.25. The molecule has 0 saturated heterocycles. The van der Waals surface area contributed by atoms with E-state index in [2.05, 4.69) is 24.5 Å². The smallest absolute Gasteiger partial charge is 0.408 e. The lowest BCUT2D eigenvalue weighted by Gasteiger charge is -2.35. The SMILES string of the molecule is CCCCCCCCN(C(=O)C(CC(C)C)NC(=O)OC(C)(C)C)C(C(=O)NC(C)CCC)c1ccc(C)c(C)c1. The van der Waals surface area contributed by atoms with E-state index in [1.54, 1.807) is 25.7 Å². The van der Waals surface area contributed by atoms with Crippen molar-refractivity contribution >= 4 is 17.9 Å². The van der Waals surface area contributed by atoms with Crippen LogP contribution in [0.4, 0.5) is 4.79 Å². The van der Waals surface area contributed by atoms with Gasteiger partial charge in [0.1, 0.15) is 17.7 Å². The summed E-state index contributed by atoms with van der Waals surface area (Å²) in [5.74, 6) is -0.290. The molecule has 3 amide bonds. The van der Waals surface area contributed by atoms with Crippen LogP contribution in [-0.2, 0) is 14.3 Å². The van der Waals surface area contributed by atoms with Crippen molar-refractivity contribution in [1.82, 2.24) is 15.5 Å². The number of alkyl carbamates (subject to hydrolysis) is 1. The van der Waals surface area contributed by atoms with Gasteiger partial charge >= 0.3 is 6.09 Å². The summed E-state index contributed by atoms with van der Waals surface area (Å²) in [4.78, 5) is 42.9. The summed E-state index contributed by atoms with van der Waals surface area (Å²) in [6, 6.07) is 4.37. The van der Waals surface area contributed by atoms with Crippen molar-refractivity contribution in [2.24, 2.45) is 5.92 Å². The van der Waals surface area contributed by atoms with Crippen LogP contribution in [-0.4, -0.2) is 47.0 Å². The van der Waals surface area contributed by atoms with Crippen LogP contribution < -0.4 is 10.6 Å². The van der Waals surface area contributed by atoms with Crippen LogP contribution in [0.1, 0.15) is 136 Å². The number of carbonyl (C=O) groups excluding carboxylic acids is 3. The molecule has 2 N–H and O–H groups in total. The Morgan fingerprint density at radius 1 is 0.878 bits per heavy atom. The maximum atomic E-state index is 14.4. The first-order valence-electron chi connectivity index (χ1n) is 15.9. The largest absolute Gasteiger partial charge is 0.444 e. The molecule has 0 radical (unpaired) electrons. The molecule has 0 bridgehead atoms. The highest BCUT2D eigenvalue weighted by Crippen LogP contribution is 2.27. The molecule has 1 rings (SSSR count). The number of aryl methyl sites for hydroxylation is 2. The molecular formula is C34H59N3O4. The molecule has 0 aromatic heterocycles. The molecular weight excluding hydrogens is 514 g/mol. The lowest BCUT2D eigenvalue weighted by molar-refractivity contribution is -0.143. The highest BCUT2D eigenvalue weighted by atomic mass is 16.6. The Kier molecular flexibility index (Phi) is 16.1. The van der Waals surface area contributed by atoms with Crippen molar-refractivity contribution in [1.29, 1.82) is 0 Å². The van der Waals surface area contributed by atoms with Gasteiger partial charge in [0.2, 0.25) is 11.8 Å². The zero-order valence-electron chi connectivity index (χ0n) is 27.7. The number of hydrogen-bond donors (Lipinski definition) is 2. The van der Waals surface area contributed by atoms with E-state index in [4.69, 9.17) is 4.74 Å². The summed E-state index contributed by atoms with van der Waals surface area (Å²) in [7, 11) is 0. The van der Waals surface area contributed by atoms with Gasteiger partial charge in [0.25, 0.3) is 0 Å². The minimum Gasteiger partial charge on any atom is -0.444 e. The molecule has 0 spiro atoms. The zero-order valence-corrected chi connectivity index (χ0v) is 27.7. The minimum absolute atomic E-state index is 0.0149. The normalized spacial score (nSPS) is 13.8. The molecule has 0 saturated carbocycles. The van der Waals surface area contributed by atoms with Crippen LogP contribution in [0.15, 0.2) is 18.2 Å². The van der Waals surface area contributed by atoms with Crippen LogP contribution in [0.2, 0.25) is 0 Å². The van der Waals surface area contributed by atoms with E-state index in [0.29, 0.717) is 13.0 Å². The lowest BCUT2D eigenvalue weighted by Crippen LogP contribution is -2.54.